The molecule has 1 aromatic heterocycles. The van der Waals surface area contributed by atoms with Crippen LogP contribution in [-0.2, 0) is 0 Å². The Balaban J connectivity index is 1.30. The summed E-state index contributed by atoms with van der Waals surface area (Å²) >= 11 is 0. The maximum absolute atomic E-state index is 14.6. The molecule has 0 aliphatic heterocycles. The van der Waals surface area contributed by atoms with Crippen molar-refractivity contribution in [3.8, 4) is 6.01 Å². The Morgan fingerprint density at radius 2 is 1.73 bits per heavy atom. The molecular weight excluding hydrogens is 548 g/mol. The normalized spacial score (nSPS) is 48.6. The molecule has 6 rings (SSSR count). The number of aliphatic hydroxyl groups excluding tert-OH is 1. The molecule has 2 spiro atoms. The van der Waals surface area contributed by atoms with Gasteiger partial charge in [0.25, 0.3) is 0 Å². The predicted molar refractivity (Wildman–Crippen MR) is 172 cm³/mol. The van der Waals surface area contributed by atoms with Gasteiger partial charge in [-0.1, -0.05) is 61.0 Å². The zero-order valence-electron chi connectivity index (χ0n) is 28.9. The number of rotatable bonds is 8. The summed E-state index contributed by atoms with van der Waals surface area (Å²) < 4.78 is 6.19. The maximum atomic E-state index is 14.6. The van der Waals surface area contributed by atoms with Crippen molar-refractivity contribution in [1.29, 1.82) is 0 Å². The van der Waals surface area contributed by atoms with Gasteiger partial charge in [-0.15, -0.1) is 12.7 Å². The third-order valence-corrected chi connectivity index (χ3v) is 16.5. The number of fused-ring (bicyclic) bond motifs is 2. The van der Waals surface area contributed by atoms with Crippen LogP contribution in [0.1, 0.15) is 120 Å². The number of ether oxygens (including phenoxy) is 1. The van der Waals surface area contributed by atoms with Gasteiger partial charge < -0.3 is 20.1 Å². The maximum Gasteiger partial charge on any atom is 0.316 e. The Hall–Kier alpha value is -1.50. The van der Waals surface area contributed by atoms with Crippen molar-refractivity contribution in [2.24, 2.45) is 55.7 Å². The standard InChI is InChI=1S/C38H59N2O4/c1-11-36(17-13-24(2)29(32(6,7)43)44-30-39-21-12-22-40-30)28(42)23-33(8)26-14-16-34(9)31(4,5)27(41)15-18-38(34)25(3)37(26,38)20-19-35(33,36)10/h11-12,21-22,24-29,41,43H,1,13-20,23H2,2-10H3/q-1/t24-,25+,26+,27+,28-,29+,33+,34+,35+,36?,37+,38-/m1/s1. The van der Waals surface area contributed by atoms with Crippen molar-refractivity contribution in [3.63, 3.8) is 0 Å². The Kier molecular flexibility index (Phi) is 7.20. The molecule has 0 bridgehead atoms. The molecule has 6 nitrogen and oxygen atoms in total. The molecule has 246 valence electrons. The minimum absolute atomic E-state index is 0.0220. The summed E-state index contributed by atoms with van der Waals surface area (Å²) in [5.74, 6) is 1.11. The highest BCUT2D eigenvalue weighted by Gasteiger charge is 2.89. The lowest BCUT2D eigenvalue weighted by molar-refractivity contribution is -0.442. The topological polar surface area (TPSA) is 98.5 Å². The fourth-order valence-electron chi connectivity index (χ4n) is 13.7. The molecule has 44 heavy (non-hydrogen) atoms. The van der Waals surface area contributed by atoms with Gasteiger partial charge in [0.05, 0.1) is 11.7 Å². The first-order valence-corrected chi connectivity index (χ1v) is 17.5. The van der Waals surface area contributed by atoms with E-state index in [9.17, 15) is 15.3 Å². The first-order chi connectivity index (χ1) is 20.4. The van der Waals surface area contributed by atoms with Crippen molar-refractivity contribution >= 4 is 0 Å². The Labute approximate surface area is 266 Å². The Morgan fingerprint density at radius 3 is 2.34 bits per heavy atom. The van der Waals surface area contributed by atoms with Crippen molar-refractivity contribution in [2.45, 2.75) is 144 Å². The number of aromatic nitrogens is 2. The molecule has 5 saturated carbocycles. The van der Waals surface area contributed by atoms with Gasteiger partial charge in [0.1, 0.15) is 6.10 Å². The van der Waals surface area contributed by atoms with Crippen LogP contribution in [-0.4, -0.2) is 44.1 Å². The van der Waals surface area contributed by atoms with Gasteiger partial charge in [0.15, 0.2) is 0 Å². The highest BCUT2D eigenvalue weighted by atomic mass is 16.5. The van der Waals surface area contributed by atoms with Crippen LogP contribution in [0.15, 0.2) is 31.1 Å². The first-order valence-electron chi connectivity index (χ1n) is 17.5. The lowest BCUT2D eigenvalue weighted by Gasteiger charge is -2.67. The average Bonchev–Trinajstić information content (AvgIpc) is 3.43. The van der Waals surface area contributed by atoms with Gasteiger partial charge in [-0.05, 0) is 127 Å². The molecule has 0 aromatic carbocycles. The molecular formula is C38H59N2O4-. The smallest absolute Gasteiger partial charge is 0.316 e. The van der Waals surface area contributed by atoms with E-state index >= 15 is 0 Å². The summed E-state index contributed by atoms with van der Waals surface area (Å²) in [7, 11) is 0. The van der Waals surface area contributed by atoms with Crippen LogP contribution in [0.25, 0.3) is 0 Å². The second kappa shape index (κ2) is 9.76. The molecule has 0 saturated heterocycles. The fraction of sp³-hybridized carbons (Fsp3) is 0.842. The lowest BCUT2D eigenvalue weighted by atomic mass is 9.37. The van der Waals surface area contributed by atoms with Gasteiger partial charge >= 0.3 is 6.01 Å². The number of hydrogen-bond donors (Lipinski definition) is 2. The van der Waals surface area contributed by atoms with Crippen molar-refractivity contribution in [3.05, 3.63) is 31.1 Å². The van der Waals surface area contributed by atoms with Crippen LogP contribution < -0.4 is 9.84 Å². The zero-order chi connectivity index (χ0) is 32.4. The van der Waals surface area contributed by atoms with Gasteiger partial charge in [0, 0.05) is 12.4 Å². The lowest BCUT2D eigenvalue weighted by Crippen LogP contribution is -2.62. The highest BCUT2D eigenvalue weighted by Crippen LogP contribution is 2.94. The van der Waals surface area contributed by atoms with Gasteiger partial charge in [-0.2, -0.15) is 0 Å². The van der Waals surface area contributed by atoms with E-state index in [0.717, 1.165) is 44.9 Å². The van der Waals surface area contributed by atoms with Crippen LogP contribution in [0.4, 0.5) is 0 Å². The summed E-state index contributed by atoms with van der Waals surface area (Å²) in [4.78, 5) is 8.49. The van der Waals surface area contributed by atoms with Gasteiger partial charge in [0.2, 0.25) is 0 Å². The fourth-order valence-corrected chi connectivity index (χ4v) is 13.7. The molecule has 6 heteroatoms. The quantitative estimate of drug-likeness (QED) is 0.318. The first kappa shape index (κ1) is 32.4. The molecule has 5 aliphatic rings. The van der Waals surface area contributed by atoms with Gasteiger partial charge in [-0.25, -0.2) is 9.97 Å². The van der Waals surface area contributed by atoms with E-state index in [0.29, 0.717) is 18.3 Å². The minimum Gasteiger partial charge on any atom is -0.851 e. The molecule has 1 aromatic rings. The molecule has 0 radical (unpaired) electrons. The van der Waals surface area contributed by atoms with Crippen molar-refractivity contribution < 1.29 is 20.1 Å². The van der Waals surface area contributed by atoms with Crippen molar-refractivity contribution in [2.75, 3.05) is 0 Å². The molecule has 1 heterocycles. The van der Waals surface area contributed by atoms with E-state index < -0.39 is 23.2 Å². The molecule has 5 fully saturated rings. The summed E-state index contributed by atoms with van der Waals surface area (Å²) in [6.07, 6.45) is 12.6. The number of nitrogens with zero attached hydrogens (tertiary/aromatic N) is 2. The van der Waals surface area contributed by atoms with Crippen LogP contribution in [0.5, 0.6) is 6.01 Å². The molecule has 1 unspecified atom stereocenters. The highest BCUT2D eigenvalue weighted by molar-refractivity contribution is 5.38. The van der Waals surface area contributed by atoms with E-state index in [4.69, 9.17) is 4.74 Å². The van der Waals surface area contributed by atoms with E-state index in [1.165, 1.54) is 6.42 Å². The van der Waals surface area contributed by atoms with Crippen LogP contribution in [0, 0.1) is 55.7 Å². The summed E-state index contributed by atoms with van der Waals surface area (Å²) in [5.41, 5.74) is -1.36. The second-order valence-corrected chi connectivity index (χ2v) is 17.9. The number of hydrogen-bond acceptors (Lipinski definition) is 6. The Bertz CT molecular complexity index is 1280. The molecule has 5 aliphatic carbocycles. The van der Waals surface area contributed by atoms with E-state index in [2.05, 4.69) is 71.1 Å². The van der Waals surface area contributed by atoms with Crippen LogP contribution >= 0.6 is 0 Å². The average molecular weight is 608 g/mol. The molecule has 12 atom stereocenters. The monoisotopic (exact) mass is 607 g/mol. The third-order valence-electron chi connectivity index (χ3n) is 16.5. The van der Waals surface area contributed by atoms with Crippen molar-refractivity contribution in [1.82, 2.24) is 9.97 Å². The largest absolute Gasteiger partial charge is 0.851 e. The Morgan fingerprint density at radius 1 is 1.07 bits per heavy atom. The SMILES string of the molecule is C=CC1(CC[C@@H](C)[C@H](Oc2ncccn2)C(C)(C)O)[C@H]([O-])C[C@@]2(C)[C@@H]3CC[C@@]4(C)C(C)(C)[C@@H](O)CC[C@@]45[C@@H](C)[C@@]35CC[C@]12C. The minimum atomic E-state index is -1.10. The van der Waals surface area contributed by atoms with E-state index in [1.54, 1.807) is 32.3 Å². The molecule has 0 amide bonds. The number of aliphatic hydroxyl groups is 2. The van der Waals surface area contributed by atoms with Gasteiger partial charge in [-0.3, -0.25) is 0 Å². The summed E-state index contributed by atoms with van der Waals surface area (Å²) in [5, 5.41) is 37.0. The van der Waals surface area contributed by atoms with Crippen LogP contribution in [0.2, 0.25) is 0 Å². The second-order valence-electron chi connectivity index (χ2n) is 17.9. The molecule has 2 N–H and O–H groups in total. The van der Waals surface area contributed by atoms with E-state index in [-0.39, 0.29) is 50.5 Å². The van der Waals surface area contributed by atoms with E-state index in [1.807, 2.05) is 0 Å². The summed E-state index contributed by atoms with van der Waals surface area (Å²) in [6.45, 7) is 24.7. The van der Waals surface area contributed by atoms with Crippen LogP contribution in [0.3, 0.4) is 0 Å². The third kappa shape index (κ3) is 3.60. The summed E-state index contributed by atoms with van der Waals surface area (Å²) in [6, 6.07) is 2.01. The predicted octanol–water partition coefficient (Wildman–Crippen LogP) is 6.74. The zero-order valence-corrected chi connectivity index (χ0v) is 28.9.